The minimum atomic E-state index is -0.883. The van der Waals surface area contributed by atoms with E-state index in [2.05, 4.69) is 0 Å². The van der Waals surface area contributed by atoms with Crippen molar-refractivity contribution in [2.75, 3.05) is 0 Å². The zero-order valence-electron chi connectivity index (χ0n) is 38.6. The highest BCUT2D eigenvalue weighted by molar-refractivity contribution is 5.63. The normalized spacial score (nSPS) is 13.4. The third-order valence-corrected chi connectivity index (χ3v) is 11.1. The maximum Gasteiger partial charge on any atom is 0.345 e. The monoisotopic (exact) mass is 784 g/mol. The topological polar surface area (TPSA) is 127 Å². The van der Waals surface area contributed by atoms with E-state index >= 15 is 14.4 Å². The molecular formula is C48H69N3O6. The van der Waals surface area contributed by atoms with Crippen LogP contribution in [0.2, 0.25) is 0 Å². The van der Waals surface area contributed by atoms with Crippen molar-refractivity contribution in [3.63, 3.8) is 0 Å². The van der Waals surface area contributed by atoms with Crippen LogP contribution < -0.4 is 17.1 Å². The maximum absolute atomic E-state index is 15.5. The highest BCUT2D eigenvalue weighted by Gasteiger charge is 2.36. The number of hydrogen-bond acceptors (Lipinski definition) is 6. The van der Waals surface area contributed by atoms with Crippen LogP contribution in [0.3, 0.4) is 0 Å². The molecule has 3 N–H and O–H groups in total. The average Bonchev–Trinajstić information content (AvgIpc) is 2.96. The number of aromatic nitrogens is 3. The van der Waals surface area contributed by atoms with Gasteiger partial charge in [0.1, 0.15) is 17.2 Å². The average molecular weight is 784 g/mol. The van der Waals surface area contributed by atoms with Crippen molar-refractivity contribution in [2.45, 2.75) is 178 Å². The van der Waals surface area contributed by atoms with Crippen LogP contribution in [-0.2, 0) is 32.5 Å². The Hall–Kier alpha value is -4.53. The fourth-order valence-electron chi connectivity index (χ4n) is 8.59. The van der Waals surface area contributed by atoms with E-state index in [9.17, 15) is 15.3 Å². The van der Waals surface area contributed by atoms with E-state index in [1.165, 1.54) is 0 Å². The van der Waals surface area contributed by atoms with Crippen molar-refractivity contribution in [1.29, 1.82) is 0 Å². The Balaban J connectivity index is 2.54. The summed E-state index contributed by atoms with van der Waals surface area (Å²) in [4.78, 5) is 46.4. The van der Waals surface area contributed by atoms with Gasteiger partial charge in [-0.15, -0.1) is 0 Å². The molecule has 0 radical (unpaired) electrons. The molecule has 0 aliphatic rings. The molecule has 0 atom stereocenters. The number of rotatable bonds is 3. The SMILES string of the molecule is Cc1c(-n2c(=O)n(-c3cc(C(C)(C)C)c(O)c(C(C)(C)C)c3C)c(=O)n(-c3cc(C(C)(C)C)c(O)c(C(C)(C)C)c3C)c2=O)cc(C(C)(C)C)c(O)c1C(C)(C)C. The minimum absolute atomic E-state index is 0.0935. The Morgan fingerprint density at radius 3 is 0.667 bits per heavy atom. The summed E-state index contributed by atoms with van der Waals surface area (Å²) in [5, 5.41) is 35.5. The van der Waals surface area contributed by atoms with Crippen LogP contribution in [-0.4, -0.2) is 29.0 Å². The first-order valence-electron chi connectivity index (χ1n) is 20.0. The fourth-order valence-corrected chi connectivity index (χ4v) is 8.59. The largest absolute Gasteiger partial charge is 0.507 e. The van der Waals surface area contributed by atoms with E-state index in [0.717, 1.165) is 13.7 Å². The predicted molar refractivity (Wildman–Crippen MR) is 235 cm³/mol. The molecule has 9 heteroatoms. The standard InChI is InChI=1S/C48H69N3O6/c1-25-31(22-28(43(4,5)6)37(52)34(25)46(13,14)15)49-40(55)50(32-23-29(44(7,8)9)38(53)35(26(32)2)47(16,17)18)42(57)51(41(49)56)33-24-30(45(10,11)12)39(54)36(27(33)3)48(19,20)21/h22-24,52-54H,1-21H3. The first-order valence-corrected chi connectivity index (χ1v) is 20.0. The van der Waals surface area contributed by atoms with E-state index in [-0.39, 0.29) is 34.3 Å². The molecule has 1 aromatic heterocycles. The minimum Gasteiger partial charge on any atom is -0.507 e. The van der Waals surface area contributed by atoms with Gasteiger partial charge in [0.05, 0.1) is 17.1 Å². The van der Waals surface area contributed by atoms with Gasteiger partial charge in [0.2, 0.25) is 0 Å². The van der Waals surface area contributed by atoms with Crippen LogP contribution >= 0.6 is 0 Å². The van der Waals surface area contributed by atoms with E-state index in [0.29, 0.717) is 50.1 Å². The third kappa shape index (κ3) is 7.75. The van der Waals surface area contributed by atoms with Crippen LogP contribution in [0.15, 0.2) is 32.6 Å². The molecule has 0 fully saturated rings. The molecular weight excluding hydrogens is 715 g/mol. The molecule has 0 saturated heterocycles. The molecule has 312 valence electrons. The molecule has 4 aromatic rings. The van der Waals surface area contributed by atoms with E-state index < -0.39 is 49.6 Å². The van der Waals surface area contributed by atoms with Gasteiger partial charge < -0.3 is 15.3 Å². The van der Waals surface area contributed by atoms with Crippen LogP contribution in [0, 0.1) is 20.8 Å². The number of aromatic hydroxyl groups is 3. The second kappa shape index (κ2) is 13.8. The number of phenolic OH excluding ortho intramolecular Hbond substituents is 3. The molecule has 4 rings (SSSR count). The molecule has 0 saturated carbocycles. The second-order valence-electron chi connectivity index (χ2n) is 22.2. The van der Waals surface area contributed by atoms with Crippen molar-refractivity contribution in [3.8, 4) is 34.3 Å². The number of nitrogens with zero attached hydrogens (tertiary/aromatic N) is 3. The summed E-state index contributed by atoms with van der Waals surface area (Å²) in [7, 11) is 0. The smallest absolute Gasteiger partial charge is 0.345 e. The number of benzene rings is 3. The summed E-state index contributed by atoms with van der Waals surface area (Å²) in [6.45, 7) is 40.7. The second-order valence-corrected chi connectivity index (χ2v) is 22.2. The van der Waals surface area contributed by atoms with Gasteiger partial charge in [0.15, 0.2) is 0 Å². The predicted octanol–water partition coefficient (Wildman–Crippen LogP) is 9.97. The van der Waals surface area contributed by atoms with Gasteiger partial charge in [-0.05, 0) is 88.2 Å². The quantitative estimate of drug-likeness (QED) is 0.190. The van der Waals surface area contributed by atoms with Crippen molar-refractivity contribution in [2.24, 2.45) is 0 Å². The lowest BCUT2D eigenvalue weighted by Gasteiger charge is -2.32. The van der Waals surface area contributed by atoms with Crippen molar-refractivity contribution >= 4 is 0 Å². The zero-order chi connectivity index (χ0) is 44.2. The van der Waals surface area contributed by atoms with E-state index in [4.69, 9.17) is 0 Å². The fraction of sp³-hybridized carbons (Fsp3) is 0.562. The highest BCUT2D eigenvalue weighted by Crippen LogP contribution is 2.46. The summed E-state index contributed by atoms with van der Waals surface area (Å²) >= 11 is 0. The van der Waals surface area contributed by atoms with Crippen LogP contribution in [0.5, 0.6) is 17.2 Å². The van der Waals surface area contributed by atoms with E-state index in [1.807, 2.05) is 125 Å². The van der Waals surface area contributed by atoms with Crippen molar-refractivity contribution in [3.05, 3.63) is 99.7 Å². The molecule has 0 bridgehead atoms. The molecule has 0 unspecified atom stereocenters. The molecule has 0 aliphatic heterocycles. The number of hydrogen-bond donors (Lipinski definition) is 3. The molecule has 0 amide bonds. The lowest BCUT2D eigenvalue weighted by Crippen LogP contribution is -2.53. The first kappa shape index (κ1) is 45.2. The summed E-state index contributed by atoms with van der Waals surface area (Å²) in [6.07, 6.45) is 0. The third-order valence-electron chi connectivity index (χ3n) is 11.1. The maximum atomic E-state index is 15.5. The van der Waals surface area contributed by atoms with Gasteiger partial charge in [-0.25, -0.2) is 28.1 Å². The van der Waals surface area contributed by atoms with Crippen molar-refractivity contribution in [1.82, 2.24) is 13.7 Å². The zero-order valence-corrected chi connectivity index (χ0v) is 38.6. The van der Waals surface area contributed by atoms with Gasteiger partial charge in [-0.2, -0.15) is 0 Å². The molecule has 1 heterocycles. The lowest BCUT2D eigenvalue weighted by atomic mass is 9.77. The Morgan fingerprint density at radius 2 is 0.526 bits per heavy atom. The first-order chi connectivity index (χ1) is 25.4. The van der Waals surface area contributed by atoms with Gasteiger partial charge in [0.25, 0.3) is 0 Å². The molecule has 0 spiro atoms. The molecule has 9 nitrogen and oxygen atoms in total. The molecule has 57 heavy (non-hydrogen) atoms. The molecule has 0 aliphatic carbocycles. The van der Waals surface area contributed by atoms with Gasteiger partial charge in [0, 0.05) is 33.4 Å². The van der Waals surface area contributed by atoms with Gasteiger partial charge in [-0.3, -0.25) is 0 Å². The Kier molecular flexibility index (Phi) is 10.9. The number of phenols is 3. The Morgan fingerprint density at radius 1 is 0.351 bits per heavy atom. The van der Waals surface area contributed by atoms with E-state index in [1.54, 1.807) is 39.0 Å². The van der Waals surface area contributed by atoms with Gasteiger partial charge >= 0.3 is 17.1 Å². The highest BCUT2D eigenvalue weighted by atomic mass is 16.3. The summed E-state index contributed by atoms with van der Waals surface area (Å²) in [5.74, 6) is 0.281. The van der Waals surface area contributed by atoms with Gasteiger partial charge in [-0.1, -0.05) is 125 Å². The summed E-state index contributed by atoms with van der Waals surface area (Å²) in [6, 6.07) is 5.08. The molecule has 3 aromatic carbocycles. The van der Waals surface area contributed by atoms with Crippen LogP contribution in [0.4, 0.5) is 0 Å². The Bertz CT molecular complexity index is 2160. The summed E-state index contributed by atoms with van der Waals surface area (Å²) in [5.41, 5.74) is -0.602. The lowest BCUT2D eigenvalue weighted by molar-refractivity contribution is 0.421. The van der Waals surface area contributed by atoms with Crippen LogP contribution in [0.25, 0.3) is 17.1 Å². The van der Waals surface area contributed by atoms with Crippen molar-refractivity contribution < 1.29 is 15.3 Å². The Labute approximate surface area is 340 Å². The summed E-state index contributed by atoms with van der Waals surface area (Å²) < 4.78 is 3.17. The van der Waals surface area contributed by atoms with Crippen LogP contribution in [0.1, 0.15) is 175 Å².